The van der Waals surface area contributed by atoms with Crippen molar-refractivity contribution < 1.29 is 19.4 Å². The molecule has 0 N–H and O–H groups in total. The van der Waals surface area contributed by atoms with Crippen molar-refractivity contribution in [2.45, 2.75) is 206 Å². The van der Waals surface area contributed by atoms with Crippen molar-refractivity contribution in [3.05, 3.63) is 12.2 Å². The van der Waals surface area contributed by atoms with Crippen LogP contribution in [0.2, 0.25) is 0 Å². The highest BCUT2D eigenvalue weighted by Crippen LogP contribution is 2.18. The molecule has 1 atom stereocenters. The standard InChI is InChI=1S/C36H68O4/c1-3-5-7-9-11-12-13-14-15-16-17-18-20-25-29-33-36(39)40-34(30-26-22-19-10-8-6-4-2)31-27-23-21-24-28-32-35(37)38/h14-15,34H,3-13,16-33H2,1-2H3,(H,37,38)/p-1/b15-14-. The van der Waals surface area contributed by atoms with E-state index in [1.54, 1.807) is 0 Å². The van der Waals surface area contributed by atoms with Gasteiger partial charge in [-0.25, -0.2) is 0 Å². The number of carboxylic acid groups (broad SMARTS) is 1. The lowest BCUT2D eigenvalue weighted by Crippen LogP contribution is -2.21. The minimum absolute atomic E-state index is 0.0143. The second-order valence-electron chi connectivity index (χ2n) is 12.0. The Morgan fingerprint density at radius 3 is 1.35 bits per heavy atom. The van der Waals surface area contributed by atoms with Crippen LogP contribution in [0.15, 0.2) is 12.2 Å². The molecule has 4 nitrogen and oxygen atoms in total. The Labute approximate surface area is 249 Å². The van der Waals surface area contributed by atoms with E-state index in [9.17, 15) is 14.7 Å². The number of hydrogen-bond acceptors (Lipinski definition) is 4. The third-order valence-electron chi connectivity index (χ3n) is 7.98. The smallest absolute Gasteiger partial charge is 0.306 e. The van der Waals surface area contributed by atoms with E-state index < -0.39 is 5.97 Å². The summed E-state index contributed by atoms with van der Waals surface area (Å²) in [4.78, 5) is 23.1. The number of carbonyl (C=O) groups is 2. The fourth-order valence-corrected chi connectivity index (χ4v) is 5.35. The minimum Gasteiger partial charge on any atom is -0.550 e. The predicted octanol–water partition coefficient (Wildman–Crippen LogP) is 10.6. The summed E-state index contributed by atoms with van der Waals surface area (Å²) in [6, 6.07) is 0. The van der Waals surface area contributed by atoms with Crippen LogP contribution in [-0.4, -0.2) is 18.0 Å². The molecule has 0 amide bonds. The normalized spacial score (nSPS) is 12.2. The van der Waals surface area contributed by atoms with Crippen LogP contribution in [0.4, 0.5) is 0 Å². The second kappa shape index (κ2) is 32.2. The summed E-state index contributed by atoms with van der Waals surface area (Å²) in [5.41, 5.74) is 0. The zero-order chi connectivity index (χ0) is 29.4. The fourth-order valence-electron chi connectivity index (χ4n) is 5.35. The molecule has 0 bridgehead atoms. The number of unbranched alkanes of at least 4 members (excludes halogenated alkanes) is 21. The first-order valence-electron chi connectivity index (χ1n) is 17.6. The van der Waals surface area contributed by atoms with E-state index in [1.165, 1.54) is 109 Å². The third kappa shape index (κ3) is 31.2. The average molecular weight is 564 g/mol. The molecule has 0 aliphatic rings. The maximum atomic E-state index is 12.5. The summed E-state index contributed by atoms with van der Waals surface area (Å²) in [7, 11) is 0. The summed E-state index contributed by atoms with van der Waals surface area (Å²) in [6.07, 6.45) is 37.6. The fraction of sp³-hybridized carbons (Fsp3) is 0.889. The van der Waals surface area contributed by atoms with E-state index in [2.05, 4.69) is 26.0 Å². The summed E-state index contributed by atoms with van der Waals surface area (Å²) >= 11 is 0. The molecular formula is C36H67O4-. The van der Waals surface area contributed by atoms with Crippen LogP contribution >= 0.6 is 0 Å². The average Bonchev–Trinajstić information content (AvgIpc) is 2.93. The number of hydrogen-bond donors (Lipinski definition) is 0. The van der Waals surface area contributed by atoms with Crippen molar-refractivity contribution >= 4 is 11.9 Å². The molecule has 0 saturated heterocycles. The van der Waals surface area contributed by atoms with Crippen LogP contribution < -0.4 is 5.11 Å². The highest BCUT2D eigenvalue weighted by Gasteiger charge is 2.14. The molecule has 1 unspecified atom stereocenters. The lowest BCUT2D eigenvalue weighted by Gasteiger charge is -2.18. The molecule has 0 rings (SSSR count). The molecular weight excluding hydrogens is 496 g/mol. The minimum atomic E-state index is -0.951. The van der Waals surface area contributed by atoms with Crippen LogP contribution in [0, 0.1) is 0 Å². The van der Waals surface area contributed by atoms with Gasteiger partial charge in [-0.1, -0.05) is 135 Å². The van der Waals surface area contributed by atoms with Gasteiger partial charge in [0.05, 0.1) is 0 Å². The molecule has 4 heteroatoms. The van der Waals surface area contributed by atoms with E-state index in [4.69, 9.17) is 4.74 Å². The van der Waals surface area contributed by atoms with Gasteiger partial charge in [-0.05, 0) is 70.6 Å². The predicted molar refractivity (Wildman–Crippen MR) is 169 cm³/mol. The number of carboxylic acids is 1. The molecule has 0 saturated carbocycles. The first-order chi connectivity index (χ1) is 19.6. The first-order valence-corrected chi connectivity index (χ1v) is 17.6. The van der Waals surface area contributed by atoms with Gasteiger partial charge in [0.1, 0.15) is 6.10 Å². The number of allylic oxidation sites excluding steroid dienone is 2. The van der Waals surface area contributed by atoms with E-state index in [-0.39, 0.29) is 18.5 Å². The Morgan fingerprint density at radius 2 is 0.900 bits per heavy atom. The van der Waals surface area contributed by atoms with Crippen LogP contribution in [-0.2, 0) is 14.3 Å². The number of carbonyl (C=O) groups excluding carboxylic acids is 2. The monoisotopic (exact) mass is 564 g/mol. The molecule has 0 radical (unpaired) electrons. The van der Waals surface area contributed by atoms with Gasteiger partial charge in [-0.2, -0.15) is 0 Å². The maximum absolute atomic E-state index is 12.5. The van der Waals surface area contributed by atoms with Crippen molar-refractivity contribution in [3.63, 3.8) is 0 Å². The quantitative estimate of drug-likeness (QED) is 0.0464. The van der Waals surface area contributed by atoms with Gasteiger partial charge in [0.15, 0.2) is 0 Å². The van der Waals surface area contributed by atoms with Gasteiger partial charge in [-0.15, -0.1) is 0 Å². The Bertz CT molecular complexity index is 571. The van der Waals surface area contributed by atoms with Gasteiger partial charge in [0.25, 0.3) is 0 Å². The van der Waals surface area contributed by atoms with Gasteiger partial charge in [0, 0.05) is 12.4 Å². The molecule has 0 aliphatic heterocycles. The summed E-state index contributed by atoms with van der Waals surface area (Å²) < 4.78 is 5.94. The number of ether oxygens (including phenoxy) is 1. The molecule has 0 aromatic heterocycles. The van der Waals surface area contributed by atoms with Crippen molar-refractivity contribution in [1.82, 2.24) is 0 Å². The largest absolute Gasteiger partial charge is 0.550 e. The Hall–Kier alpha value is -1.32. The first kappa shape index (κ1) is 38.7. The number of rotatable bonds is 32. The SMILES string of the molecule is CCCCCCCC/C=C\CCCCCCCC(=O)OC(CCCCCCCCC)CCCCCCCC(=O)[O-]. The van der Waals surface area contributed by atoms with Crippen LogP contribution in [0.1, 0.15) is 200 Å². The molecule has 0 aromatic carbocycles. The number of aliphatic carboxylic acids is 1. The van der Waals surface area contributed by atoms with Crippen molar-refractivity contribution in [2.24, 2.45) is 0 Å². The Balaban J connectivity index is 3.95. The van der Waals surface area contributed by atoms with Gasteiger partial charge in [0.2, 0.25) is 0 Å². The van der Waals surface area contributed by atoms with E-state index in [0.29, 0.717) is 12.8 Å². The van der Waals surface area contributed by atoms with Crippen molar-refractivity contribution in [3.8, 4) is 0 Å². The van der Waals surface area contributed by atoms with E-state index in [0.717, 1.165) is 57.8 Å². The van der Waals surface area contributed by atoms with Crippen molar-refractivity contribution in [1.29, 1.82) is 0 Å². The Morgan fingerprint density at radius 1 is 0.525 bits per heavy atom. The molecule has 0 spiro atoms. The topological polar surface area (TPSA) is 66.4 Å². The zero-order valence-corrected chi connectivity index (χ0v) is 26.9. The molecule has 236 valence electrons. The number of esters is 1. The van der Waals surface area contributed by atoms with Crippen LogP contribution in [0.3, 0.4) is 0 Å². The zero-order valence-electron chi connectivity index (χ0n) is 26.9. The molecule has 0 heterocycles. The third-order valence-corrected chi connectivity index (χ3v) is 7.98. The van der Waals surface area contributed by atoms with Gasteiger partial charge >= 0.3 is 5.97 Å². The molecule has 40 heavy (non-hydrogen) atoms. The highest BCUT2D eigenvalue weighted by atomic mass is 16.5. The van der Waals surface area contributed by atoms with E-state index in [1.807, 2.05) is 0 Å². The molecule has 0 aromatic rings. The highest BCUT2D eigenvalue weighted by molar-refractivity contribution is 5.69. The Kier molecular flexibility index (Phi) is 31.1. The molecule has 0 aliphatic carbocycles. The summed E-state index contributed by atoms with van der Waals surface area (Å²) in [6.45, 7) is 4.52. The van der Waals surface area contributed by atoms with E-state index >= 15 is 0 Å². The van der Waals surface area contributed by atoms with Gasteiger partial charge in [-0.3, -0.25) is 4.79 Å². The van der Waals surface area contributed by atoms with Crippen LogP contribution in [0.5, 0.6) is 0 Å². The summed E-state index contributed by atoms with van der Waals surface area (Å²) in [5, 5.41) is 10.5. The van der Waals surface area contributed by atoms with Gasteiger partial charge < -0.3 is 14.6 Å². The van der Waals surface area contributed by atoms with Crippen molar-refractivity contribution in [2.75, 3.05) is 0 Å². The lowest BCUT2D eigenvalue weighted by atomic mass is 10.0. The maximum Gasteiger partial charge on any atom is 0.306 e. The molecule has 0 fully saturated rings. The second-order valence-corrected chi connectivity index (χ2v) is 12.0. The van der Waals surface area contributed by atoms with Crippen LogP contribution in [0.25, 0.3) is 0 Å². The lowest BCUT2D eigenvalue weighted by molar-refractivity contribution is -0.305. The summed E-state index contributed by atoms with van der Waals surface area (Å²) in [5.74, 6) is -0.965.